The fourth-order valence-electron chi connectivity index (χ4n) is 2.81. The Morgan fingerprint density at radius 2 is 1.47 bits per heavy atom. The first-order valence-electron chi connectivity index (χ1n) is 8.32. The fourth-order valence-corrected chi connectivity index (χ4v) is 8.02. The molecule has 19 heavy (non-hydrogen) atoms. The highest BCUT2D eigenvalue weighted by Gasteiger charge is 2.26. The first-order valence-corrected chi connectivity index (χ1v) is 12.4. The molecule has 0 unspecified atom stereocenters. The average molecular weight is 298 g/mol. The third-order valence-electron chi connectivity index (χ3n) is 3.97. The normalized spacial score (nSPS) is 20.5. The third-order valence-corrected chi connectivity index (χ3v) is 10.3. The Morgan fingerprint density at radius 1 is 0.842 bits per heavy atom. The van der Waals surface area contributed by atoms with E-state index in [2.05, 4.69) is 27.7 Å². The van der Waals surface area contributed by atoms with Gasteiger partial charge in [-0.3, -0.25) is 0 Å². The Bertz CT molecular complexity index is 210. The van der Waals surface area contributed by atoms with E-state index in [1.807, 2.05) is 0 Å². The molecule has 2 aliphatic rings. The SMILES string of the molecule is CC(C)[CH2][Al]1[CH2]CCC[O]1.C[CH](C)[Al]1[CH2]CCC[O]1. The lowest BCUT2D eigenvalue weighted by atomic mass is 10.3. The maximum Gasteiger partial charge on any atom is 0.463 e. The molecule has 0 saturated carbocycles. The summed E-state index contributed by atoms with van der Waals surface area (Å²) in [5, 5.41) is 4.23. The van der Waals surface area contributed by atoms with E-state index >= 15 is 0 Å². The van der Waals surface area contributed by atoms with Crippen LogP contribution in [0.5, 0.6) is 0 Å². The lowest BCUT2D eigenvalue weighted by Gasteiger charge is -2.20. The molecule has 0 aromatic heterocycles. The van der Waals surface area contributed by atoms with E-state index in [4.69, 9.17) is 7.58 Å². The van der Waals surface area contributed by atoms with Crippen molar-refractivity contribution in [1.29, 1.82) is 0 Å². The van der Waals surface area contributed by atoms with Crippen molar-refractivity contribution < 1.29 is 7.58 Å². The standard InChI is InChI=1S/2C4H8O.C4H9.C3H7.2Al/c2*1-2-3-4-5;1-4(2)3;1-3-2;;/h2*1-4H2;4H,1H2,2-3H3;3H,1-2H3;;/q2*-1;;;2*+1. The zero-order valence-corrected chi connectivity index (χ0v) is 15.8. The van der Waals surface area contributed by atoms with E-state index in [1.165, 1.54) is 41.5 Å². The summed E-state index contributed by atoms with van der Waals surface area (Å²) in [4.78, 5) is 0. The zero-order chi connectivity index (χ0) is 14.1. The van der Waals surface area contributed by atoms with Crippen LogP contribution in [0.1, 0.15) is 53.4 Å². The second-order valence-corrected chi connectivity index (χ2v) is 12.7. The monoisotopic (exact) mass is 298 g/mol. The van der Waals surface area contributed by atoms with Gasteiger partial charge in [0.15, 0.2) is 0 Å². The van der Waals surface area contributed by atoms with Gasteiger partial charge >= 0.3 is 29.0 Å². The van der Waals surface area contributed by atoms with Gasteiger partial charge in [-0.25, -0.2) is 0 Å². The molecule has 0 atom stereocenters. The van der Waals surface area contributed by atoms with E-state index in [0.717, 1.165) is 23.9 Å². The van der Waals surface area contributed by atoms with Crippen LogP contribution in [0.2, 0.25) is 20.6 Å². The fraction of sp³-hybridized carbons (Fsp3) is 1.00. The molecule has 0 radical (unpaired) electrons. The summed E-state index contributed by atoms with van der Waals surface area (Å²) < 4.78 is 12.3. The quantitative estimate of drug-likeness (QED) is 0.707. The molecule has 2 aliphatic heterocycles. The Kier molecular flexibility index (Phi) is 10.1. The maximum absolute atomic E-state index is 5.73. The Hall–Kier alpha value is 0.985. The molecule has 0 amide bonds. The van der Waals surface area contributed by atoms with Crippen LogP contribution in [-0.2, 0) is 7.58 Å². The maximum atomic E-state index is 5.73. The Balaban J connectivity index is 0.000000191. The van der Waals surface area contributed by atoms with Crippen molar-refractivity contribution in [2.75, 3.05) is 13.2 Å². The number of rotatable bonds is 3. The first-order chi connectivity index (χ1) is 9.09. The summed E-state index contributed by atoms with van der Waals surface area (Å²) >= 11 is -1.38. The van der Waals surface area contributed by atoms with Crippen LogP contribution in [-0.4, -0.2) is 42.2 Å². The van der Waals surface area contributed by atoms with Crippen molar-refractivity contribution in [3.63, 3.8) is 0 Å². The predicted octanol–water partition coefficient (Wildman–Crippen LogP) is 4.64. The molecule has 0 bridgehead atoms. The Morgan fingerprint density at radius 3 is 1.84 bits per heavy atom. The van der Waals surface area contributed by atoms with E-state index in [0.29, 0.717) is 0 Å². The van der Waals surface area contributed by atoms with Crippen LogP contribution in [0.3, 0.4) is 0 Å². The second kappa shape index (κ2) is 10.7. The third kappa shape index (κ3) is 8.77. The van der Waals surface area contributed by atoms with Gasteiger partial charge in [0, 0.05) is 13.2 Å². The minimum atomic E-state index is -0.699. The molecule has 2 rings (SSSR count). The molecule has 2 nitrogen and oxygen atoms in total. The summed E-state index contributed by atoms with van der Waals surface area (Å²) in [7, 11) is 0. The summed E-state index contributed by atoms with van der Waals surface area (Å²) in [5.74, 6) is 0.856. The molecule has 2 saturated heterocycles. The van der Waals surface area contributed by atoms with Gasteiger partial charge < -0.3 is 7.58 Å². The average Bonchev–Trinajstić information content (AvgIpc) is 2.41. The van der Waals surface area contributed by atoms with Crippen LogP contribution in [0.4, 0.5) is 0 Å². The molecule has 2 fully saturated rings. The Labute approximate surface area is 129 Å². The zero-order valence-electron chi connectivity index (χ0n) is 13.5. The second-order valence-electron chi connectivity index (χ2n) is 6.77. The molecule has 0 aliphatic carbocycles. The van der Waals surface area contributed by atoms with Crippen LogP contribution >= 0.6 is 0 Å². The first kappa shape index (κ1) is 18.0. The van der Waals surface area contributed by atoms with Crippen molar-refractivity contribution in [3.8, 4) is 0 Å². The van der Waals surface area contributed by atoms with Gasteiger partial charge in [0.1, 0.15) is 0 Å². The molecule has 110 valence electrons. The van der Waals surface area contributed by atoms with Crippen LogP contribution in [0, 0.1) is 5.92 Å². The smallest absolute Gasteiger partial charge is 0.463 e. The number of hydrogen-bond donors (Lipinski definition) is 0. The summed E-state index contributed by atoms with van der Waals surface area (Å²) in [5.41, 5.74) is 0. The highest BCUT2D eigenvalue weighted by molar-refractivity contribution is 6.53. The van der Waals surface area contributed by atoms with Gasteiger partial charge in [-0.15, -0.1) is 0 Å². The largest absolute Gasteiger partial charge is 0.501 e. The van der Waals surface area contributed by atoms with Gasteiger partial charge in [-0.1, -0.05) is 67.1 Å². The van der Waals surface area contributed by atoms with Crippen LogP contribution in [0.25, 0.3) is 0 Å². The molecule has 0 aromatic carbocycles. The van der Waals surface area contributed by atoms with Crippen molar-refractivity contribution in [1.82, 2.24) is 0 Å². The molecule has 0 N–H and O–H groups in total. The van der Waals surface area contributed by atoms with Crippen molar-refractivity contribution >= 4 is 29.0 Å². The molecule has 0 spiro atoms. The molecule has 4 heteroatoms. The van der Waals surface area contributed by atoms with Gasteiger partial charge in [0.25, 0.3) is 0 Å². The molecule has 0 aromatic rings. The number of hydrogen-bond acceptors (Lipinski definition) is 2. The predicted molar refractivity (Wildman–Crippen MR) is 86.2 cm³/mol. The van der Waals surface area contributed by atoms with Crippen LogP contribution < -0.4 is 0 Å². The molecular formula is C15H32Al2O2. The van der Waals surface area contributed by atoms with Crippen molar-refractivity contribution in [2.45, 2.75) is 74.0 Å². The highest BCUT2D eigenvalue weighted by Crippen LogP contribution is 2.20. The van der Waals surface area contributed by atoms with Crippen molar-refractivity contribution in [2.24, 2.45) is 5.92 Å². The van der Waals surface area contributed by atoms with Gasteiger partial charge in [0.2, 0.25) is 0 Å². The van der Waals surface area contributed by atoms with Gasteiger partial charge in [-0.05, 0) is 12.8 Å². The highest BCUT2D eigenvalue weighted by atomic mass is 27.2. The van der Waals surface area contributed by atoms with E-state index in [9.17, 15) is 0 Å². The van der Waals surface area contributed by atoms with Gasteiger partial charge in [-0.2, -0.15) is 0 Å². The minimum absolute atomic E-state index is 0.684. The van der Waals surface area contributed by atoms with Crippen molar-refractivity contribution in [3.05, 3.63) is 0 Å². The lowest BCUT2D eigenvalue weighted by Crippen LogP contribution is -2.25. The summed E-state index contributed by atoms with van der Waals surface area (Å²) in [6.45, 7) is 11.3. The van der Waals surface area contributed by atoms with Gasteiger partial charge in [0.05, 0.1) is 0 Å². The van der Waals surface area contributed by atoms with E-state index in [1.54, 1.807) is 0 Å². The lowest BCUT2D eigenvalue weighted by molar-refractivity contribution is 0.281. The molecule has 2 heterocycles. The van der Waals surface area contributed by atoms with Crippen LogP contribution in [0.15, 0.2) is 0 Å². The van der Waals surface area contributed by atoms with E-state index in [-0.39, 0.29) is 0 Å². The topological polar surface area (TPSA) is 18.5 Å². The summed E-state index contributed by atoms with van der Waals surface area (Å²) in [6.07, 6.45) is 5.47. The van der Waals surface area contributed by atoms with E-state index < -0.39 is 29.0 Å². The molecular weight excluding hydrogens is 266 g/mol. The minimum Gasteiger partial charge on any atom is -0.501 e. The summed E-state index contributed by atoms with van der Waals surface area (Å²) in [6, 6.07) is 0.